The second-order valence-electron chi connectivity index (χ2n) is 7.39. The van der Waals surface area contributed by atoms with Gasteiger partial charge >= 0.3 is 0 Å². The van der Waals surface area contributed by atoms with Crippen molar-refractivity contribution in [2.24, 2.45) is 0 Å². The molecule has 4 rings (SSSR count). The molecule has 150 valence electrons. The summed E-state index contributed by atoms with van der Waals surface area (Å²) in [4.78, 5) is 38.3. The third-order valence-corrected chi connectivity index (χ3v) is 5.27. The molecule has 0 radical (unpaired) electrons. The molecule has 0 bridgehead atoms. The van der Waals surface area contributed by atoms with Crippen molar-refractivity contribution < 1.29 is 19.1 Å². The highest BCUT2D eigenvalue weighted by molar-refractivity contribution is 6.28. The maximum absolute atomic E-state index is 12.8. The lowest BCUT2D eigenvalue weighted by atomic mass is 9.83. The topological polar surface area (TPSA) is 72.5 Å². The number of benzene rings is 3. The van der Waals surface area contributed by atoms with E-state index in [1.165, 1.54) is 6.07 Å². The van der Waals surface area contributed by atoms with Crippen LogP contribution in [0.15, 0.2) is 66.7 Å². The lowest BCUT2D eigenvalue weighted by Crippen LogP contribution is -2.34. The number of carbonyl (C=O) groups excluding carboxylic acids is 3. The number of hydrogen-bond donors (Lipinski definition) is 1. The molecule has 1 aliphatic carbocycles. The highest BCUT2D eigenvalue weighted by atomic mass is 16.5. The van der Waals surface area contributed by atoms with Gasteiger partial charge in [-0.2, -0.15) is 0 Å². The summed E-state index contributed by atoms with van der Waals surface area (Å²) in [5.74, 6) is 0.0735. The Labute approximate surface area is 174 Å². The molecule has 1 unspecified atom stereocenters. The van der Waals surface area contributed by atoms with Crippen molar-refractivity contribution >= 4 is 17.5 Å². The minimum Gasteiger partial charge on any atom is -0.497 e. The molecule has 3 aromatic rings. The third-order valence-electron chi connectivity index (χ3n) is 5.27. The van der Waals surface area contributed by atoms with Crippen molar-refractivity contribution in [1.29, 1.82) is 0 Å². The first-order chi connectivity index (χ1) is 14.5. The van der Waals surface area contributed by atoms with Crippen molar-refractivity contribution in [2.75, 3.05) is 7.11 Å². The summed E-state index contributed by atoms with van der Waals surface area (Å²) >= 11 is 0. The number of ketones is 2. The first-order valence-electron chi connectivity index (χ1n) is 9.74. The van der Waals surface area contributed by atoms with Crippen LogP contribution in [-0.2, 0) is 6.42 Å². The number of ether oxygens (including phenoxy) is 1. The Morgan fingerprint density at radius 1 is 0.867 bits per heavy atom. The van der Waals surface area contributed by atoms with Gasteiger partial charge in [0.2, 0.25) is 0 Å². The molecule has 0 aromatic heterocycles. The number of amides is 1. The van der Waals surface area contributed by atoms with Crippen molar-refractivity contribution in [3.8, 4) is 5.75 Å². The van der Waals surface area contributed by atoms with Crippen molar-refractivity contribution in [2.45, 2.75) is 19.4 Å². The van der Waals surface area contributed by atoms with Gasteiger partial charge in [0, 0.05) is 33.9 Å². The standard InChI is InChI=1S/C25H21NO4/c1-15(13-16-7-10-18(30-2)11-8-16)26-25(29)17-9-12-21-22(14-17)24(28)20-6-4-3-5-19(20)23(21)27/h3-12,14-15H,13H2,1-2H3,(H,26,29). The van der Waals surface area contributed by atoms with Gasteiger partial charge in [0.15, 0.2) is 11.6 Å². The van der Waals surface area contributed by atoms with E-state index in [2.05, 4.69) is 5.32 Å². The van der Waals surface area contributed by atoms with Crippen molar-refractivity contribution in [1.82, 2.24) is 5.32 Å². The molecular weight excluding hydrogens is 378 g/mol. The fraction of sp³-hybridized carbons (Fsp3) is 0.160. The van der Waals surface area contributed by atoms with Gasteiger partial charge in [0.05, 0.1) is 7.11 Å². The van der Waals surface area contributed by atoms with Crippen molar-refractivity contribution in [3.63, 3.8) is 0 Å². The minimum absolute atomic E-state index is 0.111. The summed E-state index contributed by atoms with van der Waals surface area (Å²) in [6, 6.07) is 19.0. The van der Waals surface area contributed by atoms with E-state index in [-0.39, 0.29) is 29.1 Å². The molecule has 1 amide bonds. The van der Waals surface area contributed by atoms with Crippen LogP contribution in [-0.4, -0.2) is 30.6 Å². The molecule has 3 aromatic carbocycles. The smallest absolute Gasteiger partial charge is 0.251 e. The monoisotopic (exact) mass is 399 g/mol. The van der Waals surface area contributed by atoms with E-state index < -0.39 is 0 Å². The molecule has 0 aliphatic heterocycles. The highest BCUT2D eigenvalue weighted by Gasteiger charge is 2.30. The van der Waals surface area contributed by atoms with Crippen LogP contribution in [0.2, 0.25) is 0 Å². The molecule has 5 nitrogen and oxygen atoms in total. The highest BCUT2D eigenvalue weighted by Crippen LogP contribution is 2.28. The summed E-state index contributed by atoms with van der Waals surface area (Å²) in [5, 5.41) is 2.96. The van der Waals surface area contributed by atoms with Crippen LogP contribution >= 0.6 is 0 Å². The minimum atomic E-state index is -0.280. The van der Waals surface area contributed by atoms with E-state index in [1.54, 1.807) is 43.5 Å². The van der Waals surface area contributed by atoms with Crippen LogP contribution in [0.3, 0.4) is 0 Å². The fourth-order valence-electron chi connectivity index (χ4n) is 3.71. The first kappa shape index (κ1) is 19.6. The summed E-state index contributed by atoms with van der Waals surface area (Å²) in [5.41, 5.74) is 2.82. The van der Waals surface area contributed by atoms with Crippen molar-refractivity contribution in [3.05, 3.63) is 100 Å². The van der Waals surface area contributed by atoms with Crippen LogP contribution in [0.1, 0.15) is 54.7 Å². The Bertz CT molecular complexity index is 1150. The van der Waals surface area contributed by atoms with Gasteiger partial charge in [-0.1, -0.05) is 36.4 Å². The van der Waals surface area contributed by atoms with Gasteiger partial charge in [0.25, 0.3) is 5.91 Å². The van der Waals surface area contributed by atoms with E-state index in [1.807, 2.05) is 31.2 Å². The van der Waals surface area contributed by atoms with Gasteiger partial charge in [-0.25, -0.2) is 0 Å². The molecular formula is C25H21NO4. The van der Waals surface area contributed by atoms with E-state index in [4.69, 9.17) is 4.74 Å². The lowest BCUT2D eigenvalue weighted by molar-refractivity contribution is 0.0938. The number of carbonyl (C=O) groups is 3. The zero-order valence-electron chi connectivity index (χ0n) is 16.8. The molecule has 0 saturated heterocycles. The predicted octanol–water partition coefficient (Wildman–Crippen LogP) is 3.83. The average Bonchev–Trinajstić information content (AvgIpc) is 2.77. The van der Waals surface area contributed by atoms with E-state index in [9.17, 15) is 14.4 Å². The second-order valence-corrected chi connectivity index (χ2v) is 7.39. The maximum atomic E-state index is 12.8. The Kier molecular flexibility index (Phi) is 5.19. The number of rotatable bonds is 5. The molecule has 0 heterocycles. The molecule has 0 saturated carbocycles. The first-order valence-corrected chi connectivity index (χ1v) is 9.74. The Balaban J connectivity index is 1.51. The second kappa shape index (κ2) is 7.95. The van der Waals surface area contributed by atoms with E-state index in [0.717, 1.165) is 11.3 Å². The summed E-state index contributed by atoms with van der Waals surface area (Å²) in [7, 11) is 1.62. The number of nitrogens with one attached hydrogen (secondary N) is 1. The fourth-order valence-corrected chi connectivity index (χ4v) is 3.71. The Morgan fingerprint density at radius 2 is 1.47 bits per heavy atom. The predicted molar refractivity (Wildman–Crippen MR) is 113 cm³/mol. The lowest BCUT2D eigenvalue weighted by Gasteiger charge is -2.19. The van der Waals surface area contributed by atoms with E-state index >= 15 is 0 Å². The largest absolute Gasteiger partial charge is 0.497 e. The van der Waals surface area contributed by atoms with Crippen LogP contribution in [0.5, 0.6) is 5.75 Å². The van der Waals surface area contributed by atoms with E-state index in [0.29, 0.717) is 28.7 Å². The summed E-state index contributed by atoms with van der Waals surface area (Å²) in [6.07, 6.45) is 0.658. The van der Waals surface area contributed by atoms with Crippen LogP contribution < -0.4 is 10.1 Å². The summed E-state index contributed by atoms with van der Waals surface area (Å²) < 4.78 is 5.16. The number of fused-ring (bicyclic) bond motifs is 2. The maximum Gasteiger partial charge on any atom is 0.251 e. The number of hydrogen-bond acceptors (Lipinski definition) is 4. The van der Waals surface area contributed by atoms with Gasteiger partial charge in [-0.3, -0.25) is 14.4 Å². The van der Waals surface area contributed by atoms with Crippen LogP contribution in [0.4, 0.5) is 0 Å². The number of methoxy groups -OCH3 is 1. The third kappa shape index (κ3) is 3.62. The van der Waals surface area contributed by atoms with Crippen LogP contribution in [0, 0.1) is 0 Å². The molecule has 1 atom stereocenters. The Hall–Kier alpha value is -3.73. The SMILES string of the molecule is COc1ccc(CC(C)NC(=O)c2ccc3c(c2)C(=O)c2ccccc2C3=O)cc1. The molecule has 30 heavy (non-hydrogen) atoms. The zero-order valence-corrected chi connectivity index (χ0v) is 16.8. The molecule has 0 spiro atoms. The molecule has 0 fully saturated rings. The normalized spacial score (nSPS) is 13.3. The zero-order chi connectivity index (χ0) is 21.3. The molecule has 1 N–H and O–H groups in total. The average molecular weight is 399 g/mol. The van der Waals surface area contributed by atoms with Gasteiger partial charge < -0.3 is 10.1 Å². The quantitative estimate of drug-likeness (QED) is 0.554. The van der Waals surface area contributed by atoms with Gasteiger partial charge in [-0.15, -0.1) is 0 Å². The molecule has 5 heteroatoms. The van der Waals surface area contributed by atoms with Crippen LogP contribution in [0.25, 0.3) is 0 Å². The molecule has 1 aliphatic rings. The Morgan fingerprint density at radius 3 is 2.10 bits per heavy atom. The summed E-state index contributed by atoms with van der Waals surface area (Å²) in [6.45, 7) is 1.92. The van der Waals surface area contributed by atoms with Gasteiger partial charge in [-0.05, 0) is 49.2 Å². The van der Waals surface area contributed by atoms with Gasteiger partial charge in [0.1, 0.15) is 5.75 Å².